The molecule has 7 N–H and O–H groups in total. The number of phenolic OH excluding ortho intramolecular Hbond substituents is 2. The molecule has 0 aliphatic heterocycles. The largest absolute Gasteiger partial charge is 0.507 e. The molecule has 4 aromatic rings. The van der Waals surface area contributed by atoms with Gasteiger partial charge in [0.05, 0.1) is 45.7 Å². The number of rotatable bonds is 8. The van der Waals surface area contributed by atoms with Crippen molar-refractivity contribution >= 4 is 94.6 Å². The average molecular weight is 594 g/mol. The van der Waals surface area contributed by atoms with E-state index in [9.17, 15) is 15.0 Å². The van der Waals surface area contributed by atoms with E-state index in [0.717, 1.165) is 5.52 Å². The maximum Gasteiger partial charge on any atom is 0.189 e. The van der Waals surface area contributed by atoms with Crippen LogP contribution < -0.4 is 21.8 Å². The Labute approximate surface area is 232 Å². The summed E-state index contributed by atoms with van der Waals surface area (Å²) < 4.78 is 1.88. The van der Waals surface area contributed by atoms with Crippen LogP contribution in [0.5, 0.6) is 11.5 Å². The van der Waals surface area contributed by atoms with Crippen molar-refractivity contribution in [1.29, 1.82) is 0 Å². The number of benzene rings is 3. The van der Waals surface area contributed by atoms with Crippen LogP contribution in [0.25, 0.3) is 32.6 Å². The second-order valence-electron chi connectivity index (χ2n) is 7.17. The maximum atomic E-state index is 12.7. The number of halogens is 5. The standard InChI is InChI=1S/C21H25N5O4.5ClH/c22-6-1-7-24-12-2-3-13-17-16(12)21(30)19-15(29)5-4-14(28)18(19)20(17)25-26(13)10-8-23-9-11-27;;;;;/h2-5,23,25,27,29-30H,1,6-11,22H2;5*1H. The van der Waals surface area contributed by atoms with Gasteiger partial charge < -0.3 is 26.4 Å². The molecule has 0 saturated carbocycles. The summed E-state index contributed by atoms with van der Waals surface area (Å²) >= 11 is 0. The second kappa shape index (κ2) is 15.4. The van der Waals surface area contributed by atoms with Crippen LogP contribution in [0.3, 0.4) is 0 Å². The molecule has 0 saturated heterocycles. The Hall–Kier alpha value is -1.69. The van der Waals surface area contributed by atoms with E-state index in [1.807, 2.05) is 16.8 Å². The van der Waals surface area contributed by atoms with E-state index in [4.69, 9.17) is 10.8 Å². The van der Waals surface area contributed by atoms with Crippen molar-refractivity contribution in [1.82, 2.24) is 15.1 Å². The van der Waals surface area contributed by atoms with Gasteiger partial charge in [0.25, 0.3) is 0 Å². The van der Waals surface area contributed by atoms with Gasteiger partial charge in [-0.15, -0.1) is 62.0 Å². The number of H-pyrrole nitrogens is 1. The lowest BCUT2D eigenvalue weighted by Gasteiger charge is -2.09. The maximum absolute atomic E-state index is 12.7. The Balaban J connectivity index is 0. The first-order valence-electron chi connectivity index (χ1n) is 9.96. The number of aromatic nitrogens is 2. The van der Waals surface area contributed by atoms with Gasteiger partial charge in [-0.3, -0.25) is 19.6 Å². The smallest absolute Gasteiger partial charge is 0.189 e. The van der Waals surface area contributed by atoms with Crippen LogP contribution in [-0.4, -0.2) is 57.9 Å². The van der Waals surface area contributed by atoms with Crippen LogP contribution in [0.1, 0.15) is 6.42 Å². The van der Waals surface area contributed by atoms with Gasteiger partial charge in [0.2, 0.25) is 0 Å². The highest BCUT2D eigenvalue weighted by Crippen LogP contribution is 2.41. The zero-order chi connectivity index (χ0) is 21.3. The fraction of sp³-hybridized carbons (Fsp3) is 0.333. The number of nitrogens with two attached hydrogens (primary N) is 1. The van der Waals surface area contributed by atoms with E-state index < -0.39 is 0 Å². The zero-order valence-corrected chi connectivity index (χ0v) is 22.6. The average Bonchev–Trinajstić information content (AvgIpc) is 3.10. The van der Waals surface area contributed by atoms with Crippen molar-refractivity contribution in [3.63, 3.8) is 0 Å². The molecule has 0 amide bonds. The number of phenols is 2. The molecule has 9 nitrogen and oxygen atoms in total. The fourth-order valence-corrected chi connectivity index (χ4v) is 3.91. The number of fused-ring (bicyclic) bond motifs is 2. The monoisotopic (exact) mass is 591 g/mol. The highest BCUT2D eigenvalue weighted by Gasteiger charge is 2.21. The molecule has 0 unspecified atom stereocenters. The third-order valence-corrected chi connectivity index (χ3v) is 5.26. The molecule has 0 fully saturated rings. The quantitative estimate of drug-likeness (QED) is 0.137. The second-order valence-corrected chi connectivity index (χ2v) is 7.17. The van der Waals surface area contributed by atoms with E-state index in [-0.39, 0.29) is 96.3 Å². The van der Waals surface area contributed by atoms with Gasteiger partial charge in [-0.05, 0) is 37.2 Å². The predicted octanol–water partition coefficient (Wildman–Crippen LogP) is 2.43. The Kier molecular flexibility index (Phi) is 15.6. The predicted molar refractivity (Wildman–Crippen MR) is 152 cm³/mol. The van der Waals surface area contributed by atoms with Crippen LogP contribution in [-0.2, 0) is 6.54 Å². The summed E-state index contributed by atoms with van der Waals surface area (Å²) in [7, 11) is 0. The van der Waals surface area contributed by atoms with E-state index in [2.05, 4.69) is 15.4 Å². The molecule has 1 aromatic heterocycles. The summed E-state index contributed by atoms with van der Waals surface area (Å²) in [5.74, 6) is -0.322. The summed E-state index contributed by atoms with van der Waals surface area (Å²) in [6, 6.07) is 6.31. The number of hydrogen-bond donors (Lipinski definition) is 6. The van der Waals surface area contributed by atoms with E-state index in [1.54, 1.807) is 0 Å². The van der Waals surface area contributed by atoms with E-state index >= 15 is 0 Å². The zero-order valence-electron chi connectivity index (χ0n) is 18.5. The lowest BCUT2D eigenvalue weighted by molar-refractivity contribution is 0.291. The van der Waals surface area contributed by atoms with Gasteiger partial charge in [0.15, 0.2) is 5.43 Å². The minimum absolute atomic E-state index is 0. The number of aliphatic hydroxyl groups excluding tert-OH is 1. The molecule has 3 aromatic carbocycles. The third-order valence-electron chi connectivity index (χ3n) is 5.26. The SMILES string of the molecule is Cl.Cl.Cl.Cl.Cl.NCCCN=c1ccc2c3c1c(O)c1c(O)ccc(=O)c1c3[nH]n2CCNCCO. The van der Waals surface area contributed by atoms with Crippen molar-refractivity contribution < 1.29 is 15.3 Å². The molecule has 0 aliphatic rings. The summed E-state index contributed by atoms with van der Waals surface area (Å²) in [4.78, 5) is 17.3. The summed E-state index contributed by atoms with van der Waals surface area (Å²) in [6.45, 7) is 2.71. The molecule has 0 radical (unpaired) electrons. The highest BCUT2D eigenvalue weighted by atomic mass is 35.5. The molecule has 1 heterocycles. The van der Waals surface area contributed by atoms with Crippen molar-refractivity contribution in [2.75, 3.05) is 32.8 Å². The van der Waals surface area contributed by atoms with Gasteiger partial charge >= 0.3 is 0 Å². The highest BCUT2D eigenvalue weighted by molar-refractivity contribution is 6.23. The Bertz CT molecular complexity index is 1350. The molecule has 0 aliphatic carbocycles. The first-order valence-corrected chi connectivity index (χ1v) is 9.96. The summed E-state index contributed by atoms with van der Waals surface area (Å²) in [6.07, 6.45) is 0.710. The minimum atomic E-state index is -0.292. The minimum Gasteiger partial charge on any atom is -0.507 e. The van der Waals surface area contributed by atoms with Crippen LogP contribution >= 0.6 is 62.0 Å². The molecule has 0 bridgehead atoms. The molecule has 0 atom stereocenters. The fourth-order valence-electron chi connectivity index (χ4n) is 3.91. The molecule has 0 spiro atoms. The van der Waals surface area contributed by atoms with Crippen molar-refractivity contribution in [3.05, 3.63) is 39.8 Å². The summed E-state index contributed by atoms with van der Waals surface area (Å²) in [5, 5.41) is 39.0. The van der Waals surface area contributed by atoms with Gasteiger partial charge in [0, 0.05) is 25.0 Å². The number of aromatic amines is 1. The van der Waals surface area contributed by atoms with Crippen LogP contribution in [0, 0.1) is 0 Å². The van der Waals surface area contributed by atoms with Crippen molar-refractivity contribution in [2.45, 2.75) is 13.0 Å². The summed E-state index contributed by atoms with van der Waals surface area (Å²) in [5.41, 5.74) is 6.64. The number of aromatic hydroxyl groups is 2. The third kappa shape index (κ3) is 6.55. The molecular formula is C21H30Cl5N5O4. The van der Waals surface area contributed by atoms with Gasteiger partial charge in [-0.2, -0.15) is 0 Å². The van der Waals surface area contributed by atoms with Gasteiger partial charge in [-0.25, -0.2) is 0 Å². The van der Waals surface area contributed by atoms with Gasteiger partial charge in [0.1, 0.15) is 11.5 Å². The number of aliphatic hydroxyl groups is 1. The molecule has 14 heteroatoms. The Morgan fingerprint density at radius 3 is 2.31 bits per heavy atom. The normalized spacial score (nSPS) is 10.9. The topological polar surface area (TPSA) is 149 Å². The lowest BCUT2D eigenvalue weighted by atomic mass is 9.99. The van der Waals surface area contributed by atoms with Crippen LogP contribution in [0.4, 0.5) is 0 Å². The lowest BCUT2D eigenvalue weighted by Crippen LogP contribution is -2.23. The number of nitrogens with zero attached hydrogens (tertiary/aromatic N) is 2. The molecule has 35 heavy (non-hydrogen) atoms. The first kappa shape index (κ1) is 35.5. The number of nitrogens with one attached hydrogen (secondary N) is 2. The van der Waals surface area contributed by atoms with E-state index in [1.165, 1.54) is 12.1 Å². The van der Waals surface area contributed by atoms with Crippen molar-refractivity contribution in [3.8, 4) is 11.5 Å². The molecule has 4 rings (SSSR count). The van der Waals surface area contributed by atoms with Gasteiger partial charge in [-0.1, -0.05) is 0 Å². The first-order chi connectivity index (χ1) is 14.6. The molecular weight excluding hydrogens is 564 g/mol. The van der Waals surface area contributed by atoms with Crippen LogP contribution in [0.15, 0.2) is 34.1 Å². The number of hydrogen-bond acceptors (Lipinski definition) is 7. The van der Waals surface area contributed by atoms with E-state index in [0.29, 0.717) is 60.8 Å². The van der Waals surface area contributed by atoms with Crippen LogP contribution in [0.2, 0.25) is 0 Å². The molecule has 198 valence electrons. The Morgan fingerprint density at radius 1 is 0.943 bits per heavy atom. The van der Waals surface area contributed by atoms with Crippen molar-refractivity contribution in [2.24, 2.45) is 10.7 Å². The Morgan fingerprint density at radius 2 is 1.66 bits per heavy atom.